The third kappa shape index (κ3) is 5.51. The molecule has 2 aromatic rings. The van der Waals surface area contributed by atoms with Crippen molar-refractivity contribution in [1.29, 1.82) is 0 Å². The zero-order valence-electron chi connectivity index (χ0n) is 14.3. The van der Waals surface area contributed by atoms with Gasteiger partial charge in [0.1, 0.15) is 5.82 Å². The number of hydrogen-bond donors (Lipinski definition) is 2. The summed E-state index contributed by atoms with van der Waals surface area (Å²) < 4.78 is 0. The van der Waals surface area contributed by atoms with Crippen LogP contribution in [0.15, 0.2) is 36.5 Å². The molecule has 0 aliphatic heterocycles. The van der Waals surface area contributed by atoms with Gasteiger partial charge in [-0.05, 0) is 63.8 Å². The fourth-order valence-electron chi connectivity index (χ4n) is 2.21. The number of aromatic nitrogens is 1. The van der Waals surface area contributed by atoms with Crippen LogP contribution in [0.3, 0.4) is 0 Å². The van der Waals surface area contributed by atoms with E-state index in [4.69, 9.17) is 11.6 Å². The molecule has 1 heterocycles. The minimum Gasteiger partial charge on any atom is -0.352 e. The Labute approximate surface area is 148 Å². The zero-order chi connectivity index (χ0) is 17.5. The predicted molar refractivity (Wildman–Crippen MR) is 99.2 cm³/mol. The van der Waals surface area contributed by atoms with Crippen molar-refractivity contribution in [3.05, 3.63) is 52.7 Å². The Balaban J connectivity index is 2.00. The van der Waals surface area contributed by atoms with E-state index in [9.17, 15) is 4.79 Å². The third-order valence-electron chi connectivity index (χ3n) is 3.55. The van der Waals surface area contributed by atoms with Gasteiger partial charge in [0.05, 0.1) is 0 Å². The van der Waals surface area contributed by atoms with Crippen molar-refractivity contribution in [2.24, 2.45) is 0 Å². The number of halogens is 1. The molecule has 0 spiro atoms. The van der Waals surface area contributed by atoms with Gasteiger partial charge in [-0.15, -0.1) is 0 Å². The number of rotatable bonds is 7. The molecular weight excluding hydrogens is 324 g/mol. The summed E-state index contributed by atoms with van der Waals surface area (Å²) in [4.78, 5) is 18.6. The summed E-state index contributed by atoms with van der Waals surface area (Å²) in [6.45, 7) is 3.58. The van der Waals surface area contributed by atoms with Gasteiger partial charge in [-0.2, -0.15) is 0 Å². The highest BCUT2D eigenvalue weighted by atomic mass is 35.5. The summed E-state index contributed by atoms with van der Waals surface area (Å²) in [5.74, 6) is 0.517. The summed E-state index contributed by atoms with van der Waals surface area (Å²) in [7, 11) is 4.03. The van der Waals surface area contributed by atoms with Crippen LogP contribution < -0.4 is 10.6 Å². The van der Waals surface area contributed by atoms with E-state index in [2.05, 4.69) is 20.5 Å². The molecule has 0 aliphatic rings. The van der Waals surface area contributed by atoms with Gasteiger partial charge in [-0.3, -0.25) is 4.79 Å². The van der Waals surface area contributed by atoms with Crippen LogP contribution in [-0.2, 0) is 0 Å². The molecule has 0 unspecified atom stereocenters. The second kappa shape index (κ2) is 8.66. The first-order valence-electron chi connectivity index (χ1n) is 7.88. The highest BCUT2D eigenvalue weighted by Gasteiger charge is 2.08. The van der Waals surface area contributed by atoms with Crippen LogP contribution in [0.4, 0.5) is 11.5 Å². The molecule has 0 aliphatic carbocycles. The first-order chi connectivity index (χ1) is 11.5. The smallest absolute Gasteiger partial charge is 0.251 e. The Hall–Kier alpha value is -2.11. The van der Waals surface area contributed by atoms with E-state index in [-0.39, 0.29) is 5.91 Å². The average Bonchev–Trinajstić information content (AvgIpc) is 2.55. The lowest BCUT2D eigenvalue weighted by Gasteiger charge is -2.11. The van der Waals surface area contributed by atoms with Crippen molar-refractivity contribution < 1.29 is 4.79 Å². The van der Waals surface area contributed by atoms with Gasteiger partial charge in [0, 0.05) is 29.0 Å². The standard InChI is InChI=1S/C18H23ClN4O/c1-13-5-6-15(19)12-16(13)22-17-11-14(7-9-20-17)18(24)21-8-4-10-23(2)3/h5-7,9,11-12H,4,8,10H2,1-3H3,(H,20,22)(H,21,24). The lowest BCUT2D eigenvalue weighted by atomic mass is 10.2. The summed E-state index contributed by atoms with van der Waals surface area (Å²) in [5.41, 5.74) is 2.51. The average molecular weight is 347 g/mol. The number of pyridine rings is 1. The van der Waals surface area contributed by atoms with Gasteiger partial charge in [0.15, 0.2) is 0 Å². The summed E-state index contributed by atoms with van der Waals surface area (Å²) in [6, 6.07) is 9.06. The van der Waals surface area contributed by atoms with Gasteiger partial charge in [0.25, 0.3) is 5.91 Å². The van der Waals surface area contributed by atoms with E-state index in [1.807, 2.05) is 39.2 Å². The summed E-state index contributed by atoms with van der Waals surface area (Å²) in [5, 5.41) is 6.78. The lowest BCUT2D eigenvalue weighted by Crippen LogP contribution is -2.27. The molecule has 2 rings (SSSR count). The van der Waals surface area contributed by atoms with Gasteiger partial charge >= 0.3 is 0 Å². The number of hydrogen-bond acceptors (Lipinski definition) is 4. The molecule has 0 radical (unpaired) electrons. The van der Waals surface area contributed by atoms with Crippen molar-refractivity contribution in [3.63, 3.8) is 0 Å². The molecule has 24 heavy (non-hydrogen) atoms. The number of benzene rings is 1. The Morgan fingerprint density at radius 2 is 2.04 bits per heavy atom. The van der Waals surface area contributed by atoms with Gasteiger partial charge < -0.3 is 15.5 Å². The van der Waals surface area contributed by atoms with Gasteiger partial charge in [0.2, 0.25) is 0 Å². The van der Waals surface area contributed by atoms with Crippen LogP contribution >= 0.6 is 11.6 Å². The largest absolute Gasteiger partial charge is 0.352 e. The van der Waals surface area contributed by atoms with Crippen LogP contribution in [0.5, 0.6) is 0 Å². The fourth-order valence-corrected chi connectivity index (χ4v) is 2.38. The monoisotopic (exact) mass is 346 g/mol. The second-order valence-electron chi connectivity index (χ2n) is 5.93. The van der Waals surface area contributed by atoms with E-state index in [1.165, 1.54) is 0 Å². The normalized spacial score (nSPS) is 10.7. The predicted octanol–water partition coefficient (Wildman–Crippen LogP) is 3.47. The van der Waals surface area contributed by atoms with Crippen molar-refractivity contribution >= 4 is 29.0 Å². The van der Waals surface area contributed by atoms with Crippen molar-refractivity contribution in [1.82, 2.24) is 15.2 Å². The van der Waals surface area contributed by atoms with Gasteiger partial charge in [-0.1, -0.05) is 17.7 Å². The molecule has 0 atom stereocenters. The first kappa shape index (κ1) is 18.2. The SMILES string of the molecule is Cc1ccc(Cl)cc1Nc1cc(C(=O)NCCCN(C)C)ccn1. The summed E-state index contributed by atoms with van der Waals surface area (Å²) in [6.07, 6.45) is 2.54. The van der Waals surface area contributed by atoms with Crippen molar-refractivity contribution in [2.75, 3.05) is 32.5 Å². The van der Waals surface area contributed by atoms with Crippen LogP contribution in [0.2, 0.25) is 5.02 Å². The van der Waals surface area contributed by atoms with Crippen LogP contribution in [-0.4, -0.2) is 43.0 Å². The molecule has 128 valence electrons. The zero-order valence-corrected chi connectivity index (χ0v) is 15.0. The molecule has 1 amide bonds. The molecule has 0 fully saturated rings. The quantitative estimate of drug-likeness (QED) is 0.754. The number of anilines is 2. The van der Waals surface area contributed by atoms with E-state index in [1.54, 1.807) is 18.3 Å². The minimum atomic E-state index is -0.0953. The Bertz CT molecular complexity index is 703. The molecular formula is C18H23ClN4O. The maximum atomic E-state index is 12.2. The van der Waals surface area contributed by atoms with Crippen LogP contribution in [0.1, 0.15) is 22.3 Å². The lowest BCUT2D eigenvalue weighted by molar-refractivity contribution is 0.0952. The molecule has 0 bridgehead atoms. The van der Waals surface area contributed by atoms with Crippen molar-refractivity contribution in [2.45, 2.75) is 13.3 Å². The van der Waals surface area contributed by atoms with E-state index in [0.29, 0.717) is 22.9 Å². The molecule has 1 aromatic heterocycles. The molecule has 2 N–H and O–H groups in total. The van der Waals surface area contributed by atoms with Crippen molar-refractivity contribution in [3.8, 4) is 0 Å². The highest BCUT2D eigenvalue weighted by molar-refractivity contribution is 6.30. The Morgan fingerprint density at radius 1 is 1.25 bits per heavy atom. The van der Waals surface area contributed by atoms with E-state index in [0.717, 1.165) is 24.2 Å². The van der Waals surface area contributed by atoms with E-state index >= 15 is 0 Å². The highest BCUT2D eigenvalue weighted by Crippen LogP contribution is 2.23. The molecule has 5 nitrogen and oxygen atoms in total. The molecule has 1 aromatic carbocycles. The first-order valence-corrected chi connectivity index (χ1v) is 8.25. The number of carbonyl (C=O) groups is 1. The maximum absolute atomic E-state index is 12.2. The second-order valence-corrected chi connectivity index (χ2v) is 6.36. The van der Waals surface area contributed by atoms with E-state index < -0.39 is 0 Å². The fraction of sp³-hybridized carbons (Fsp3) is 0.333. The van der Waals surface area contributed by atoms with Crippen LogP contribution in [0, 0.1) is 6.92 Å². The Kier molecular flexibility index (Phi) is 6.58. The maximum Gasteiger partial charge on any atom is 0.251 e. The third-order valence-corrected chi connectivity index (χ3v) is 3.79. The number of aryl methyl sites for hydroxylation is 1. The van der Waals surface area contributed by atoms with Gasteiger partial charge in [-0.25, -0.2) is 4.98 Å². The number of nitrogens with zero attached hydrogens (tertiary/aromatic N) is 2. The number of carbonyl (C=O) groups excluding carboxylic acids is 1. The molecule has 0 saturated carbocycles. The molecule has 0 saturated heterocycles. The topological polar surface area (TPSA) is 57.3 Å². The summed E-state index contributed by atoms with van der Waals surface area (Å²) >= 11 is 6.03. The number of nitrogens with one attached hydrogen (secondary N) is 2. The molecule has 6 heteroatoms. The number of amides is 1. The Morgan fingerprint density at radius 3 is 2.79 bits per heavy atom. The minimum absolute atomic E-state index is 0.0953. The van der Waals surface area contributed by atoms with Crippen LogP contribution in [0.25, 0.3) is 0 Å².